The van der Waals surface area contributed by atoms with Crippen molar-refractivity contribution in [3.63, 3.8) is 0 Å². The molecule has 0 spiro atoms. The van der Waals surface area contributed by atoms with Crippen molar-refractivity contribution in [2.45, 2.75) is 65.1 Å². The fourth-order valence-corrected chi connectivity index (χ4v) is 5.10. The van der Waals surface area contributed by atoms with Crippen molar-refractivity contribution in [2.24, 2.45) is 0 Å². The summed E-state index contributed by atoms with van der Waals surface area (Å²) < 4.78 is 7.46. The van der Waals surface area contributed by atoms with Crippen LogP contribution < -0.4 is 0 Å². The molecule has 0 aliphatic rings. The van der Waals surface area contributed by atoms with Gasteiger partial charge in [-0.25, -0.2) is 0 Å². The van der Waals surface area contributed by atoms with Crippen molar-refractivity contribution in [1.82, 2.24) is 0 Å². The van der Waals surface area contributed by atoms with E-state index in [0.717, 1.165) is 11.1 Å². The Labute approximate surface area is 116 Å². The average molecular weight is 275 g/mol. The van der Waals surface area contributed by atoms with E-state index in [1.807, 2.05) is 0 Å². The first-order valence-electron chi connectivity index (χ1n) is 7.91. The molecule has 110 valence electrons. The van der Waals surface area contributed by atoms with Crippen molar-refractivity contribution in [3.8, 4) is 0 Å². The molecule has 0 aromatic rings. The van der Waals surface area contributed by atoms with Gasteiger partial charge in [0.25, 0.3) is 0 Å². The van der Waals surface area contributed by atoms with Crippen molar-refractivity contribution in [2.75, 3.05) is 33.8 Å². The highest BCUT2D eigenvalue weighted by Gasteiger charge is 2.29. The maximum atomic E-state index is 6.34. The van der Waals surface area contributed by atoms with Gasteiger partial charge in [-0.1, -0.05) is 34.1 Å². The molecule has 0 radical (unpaired) electrons. The molecule has 0 aliphatic carbocycles. The highest BCUT2D eigenvalue weighted by Crippen LogP contribution is 2.21. The number of hydrogen-bond acceptors (Lipinski definition) is 1. The van der Waals surface area contributed by atoms with Gasteiger partial charge in [-0.05, 0) is 31.0 Å². The first-order valence-corrected chi connectivity index (χ1v) is 10.4. The second-order valence-electron chi connectivity index (χ2n) is 6.18. The highest BCUT2D eigenvalue weighted by atomic mass is 28.4. The summed E-state index contributed by atoms with van der Waals surface area (Å²) in [5, 5.41) is 0. The summed E-state index contributed by atoms with van der Waals surface area (Å²) in [4.78, 5) is 0. The van der Waals surface area contributed by atoms with Gasteiger partial charge >= 0.3 is 0 Å². The highest BCUT2D eigenvalue weighted by molar-refractivity contribution is 6.73. The second-order valence-corrected chi connectivity index (χ2v) is 11.0. The molecule has 0 saturated carbocycles. The lowest BCUT2D eigenvalue weighted by molar-refractivity contribution is -0.890. The van der Waals surface area contributed by atoms with Gasteiger partial charge in [0.15, 0.2) is 8.32 Å². The Morgan fingerprint density at radius 2 is 1.39 bits per heavy atom. The molecule has 0 bridgehead atoms. The van der Waals surface area contributed by atoms with Crippen LogP contribution in [-0.2, 0) is 4.43 Å². The molecule has 0 saturated heterocycles. The lowest BCUT2D eigenvalue weighted by Gasteiger charge is -2.33. The summed E-state index contributed by atoms with van der Waals surface area (Å²) in [6.07, 6.45) is 4.02. The molecular formula is C15H36NOSi+. The number of quaternary nitrogens is 1. The summed E-state index contributed by atoms with van der Waals surface area (Å²) in [6, 6.07) is 3.80. The predicted molar refractivity (Wildman–Crippen MR) is 84.5 cm³/mol. The lowest BCUT2D eigenvalue weighted by atomic mass is 10.2. The quantitative estimate of drug-likeness (QED) is 0.310. The first kappa shape index (κ1) is 18.1. The third-order valence-electron chi connectivity index (χ3n) is 4.40. The zero-order valence-electron chi connectivity index (χ0n) is 13.7. The summed E-state index contributed by atoms with van der Waals surface area (Å²) in [7, 11) is 3.31. The van der Waals surface area contributed by atoms with Crippen molar-refractivity contribution in [3.05, 3.63) is 0 Å². The van der Waals surface area contributed by atoms with Gasteiger partial charge in [-0.15, -0.1) is 0 Å². The van der Waals surface area contributed by atoms with E-state index in [1.165, 1.54) is 50.5 Å². The van der Waals surface area contributed by atoms with Crippen molar-refractivity contribution in [1.29, 1.82) is 0 Å². The fraction of sp³-hybridized carbons (Fsp3) is 1.00. The van der Waals surface area contributed by atoms with Crippen LogP contribution in [0.4, 0.5) is 0 Å². The maximum Gasteiger partial charge on any atom is 0.192 e. The Bertz CT molecular complexity index is 194. The summed E-state index contributed by atoms with van der Waals surface area (Å²) in [6.45, 7) is 12.6. The molecule has 0 atom stereocenters. The van der Waals surface area contributed by atoms with Gasteiger partial charge < -0.3 is 8.91 Å². The van der Waals surface area contributed by atoms with Gasteiger partial charge in [0, 0.05) is 0 Å². The molecule has 0 N–H and O–H groups in total. The molecule has 0 heterocycles. The van der Waals surface area contributed by atoms with Gasteiger partial charge in [0.1, 0.15) is 6.54 Å². The molecular weight excluding hydrogens is 238 g/mol. The number of hydrogen-bond donors (Lipinski definition) is 0. The smallest absolute Gasteiger partial charge is 0.192 e. The van der Waals surface area contributed by atoms with Crippen LogP contribution in [0.15, 0.2) is 0 Å². The van der Waals surface area contributed by atoms with Gasteiger partial charge in [0.05, 0.1) is 27.2 Å². The molecule has 2 nitrogen and oxygen atoms in total. The first-order chi connectivity index (χ1) is 8.45. The van der Waals surface area contributed by atoms with Crippen molar-refractivity contribution < 1.29 is 8.91 Å². The van der Waals surface area contributed by atoms with Crippen LogP contribution in [0.25, 0.3) is 0 Å². The summed E-state index contributed by atoms with van der Waals surface area (Å²) in [5.41, 5.74) is 0. The number of nitrogens with zero attached hydrogens (tertiary/aromatic N) is 1. The number of rotatable bonds is 11. The molecule has 0 fully saturated rings. The Morgan fingerprint density at radius 1 is 0.833 bits per heavy atom. The Morgan fingerprint density at radius 3 is 1.83 bits per heavy atom. The topological polar surface area (TPSA) is 9.23 Å². The predicted octanol–water partition coefficient (Wildman–Crippen LogP) is 4.27. The molecule has 0 rings (SSSR count). The second kappa shape index (κ2) is 9.11. The third-order valence-corrected chi connectivity index (χ3v) is 9.09. The molecule has 0 unspecified atom stereocenters. The zero-order valence-corrected chi connectivity index (χ0v) is 14.7. The van der Waals surface area contributed by atoms with Crippen molar-refractivity contribution >= 4 is 8.32 Å². The maximum absolute atomic E-state index is 6.34. The number of likely N-dealkylation sites (N-methyl/N-ethyl adjacent to an activating group) is 1. The van der Waals surface area contributed by atoms with Gasteiger partial charge in [0.2, 0.25) is 0 Å². The van der Waals surface area contributed by atoms with Crippen LogP contribution in [0.5, 0.6) is 0 Å². The summed E-state index contributed by atoms with van der Waals surface area (Å²) in [5.74, 6) is 0. The minimum absolute atomic E-state index is 0.959. The average Bonchev–Trinajstić information content (AvgIpc) is 2.35. The van der Waals surface area contributed by atoms with E-state index >= 15 is 0 Å². The van der Waals surface area contributed by atoms with E-state index in [0.29, 0.717) is 0 Å². The van der Waals surface area contributed by atoms with Crippen LogP contribution in [-0.4, -0.2) is 46.6 Å². The molecule has 0 aromatic heterocycles. The van der Waals surface area contributed by atoms with E-state index in [2.05, 4.69) is 41.8 Å². The minimum atomic E-state index is -1.37. The largest absolute Gasteiger partial charge is 0.411 e. The van der Waals surface area contributed by atoms with Gasteiger partial charge in [-0.2, -0.15) is 0 Å². The molecule has 0 amide bonds. The Kier molecular flexibility index (Phi) is 9.18. The van der Waals surface area contributed by atoms with E-state index in [9.17, 15) is 0 Å². The Hall–Kier alpha value is 0.137. The van der Waals surface area contributed by atoms with Crippen LogP contribution in [0.3, 0.4) is 0 Å². The number of unbranched alkanes of at least 4 members (excludes halogenated alkanes) is 2. The van der Waals surface area contributed by atoms with Crippen LogP contribution in [0.2, 0.25) is 18.1 Å². The molecule has 18 heavy (non-hydrogen) atoms. The molecule has 0 aromatic carbocycles. The van der Waals surface area contributed by atoms with Gasteiger partial charge in [-0.3, -0.25) is 0 Å². The monoisotopic (exact) mass is 274 g/mol. The third kappa shape index (κ3) is 6.91. The van der Waals surface area contributed by atoms with E-state index < -0.39 is 8.32 Å². The summed E-state index contributed by atoms with van der Waals surface area (Å²) >= 11 is 0. The van der Waals surface area contributed by atoms with E-state index in [-0.39, 0.29) is 0 Å². The fourth-order valence-electron chi connectivity index (χ4n) is 2.47. The van der Waals surface area contributed by atoms with Crippen LogP contribution in [0.1, 0.15) is 47.0 Å². The lowest BCUT2D eigenvalue weighted by Crippen LogP contribution is -2.45. The zero-order chi connectivity index (χ0) is 14.1. The minimum Gasteiger partial charge on any atom is -0.411 e. The van der Waals surface area contributed by atoms with Crippen LogP contribution in [0, 0.1) is 0 Å². The normalized spacial score (nSPS) is 13.0. The van der Waals surface area contributed by atoms with E-state index in [4.69, 9.17) is 4.43 Å². The Balaban J connectivity index is 4.00. The van der Waals surface area contributed by atoms with Crippen LogP contribution >= 0.6 is 0 Å². The van der Waals surface area contributed by atoms with E-state index in [1.54, 1.807) is 0 Å². The molecule has 3 heteroatoms. The standard InChI is InChI=1S/C15H36NOSi/c1-7-11-12-13-16(5,6)14-15-17-18(8-2,9-3)10-4/h7-15H2,1-6H3/q+1. The SMILES string of the molecule is CCCCC[N+](C)(C)CCO[Si](CC)(CC)CC. The molecule has 0 aliphatic heterocycles.